The second-order valence-electron chi connectivity index (χ2n) is 5.63. The van der Waals surface area contributed by atoms with Crippen molar-refractivity contribution in [2.75, 3.05) is 25.0 Å². The van der Waals surface area contributed by atoms with Gasteiger partial charge in [-0.3, -0.25) is 0 Å². The van der Waals surface area contributed by atoms with Crippen LogP contribution in [-0.4, -0.2) is 36.6 Å². The summed E-state index contributed by atoms with van der Waals surface area (Å²) in [5.41, 5.74) is 0.713. The van der Waals surface area contributed by atoms with Gasteiger partial charge in [0.05, 0.1) is 0 Å². The third-order valence-electron chi connectivity index (χ3n) is 3.93. The van der Waals surface area contributed by atoms with Gasteiger partial charge >= 0.3 is 6.03 Å². The number of nitrogens with one attached hydrogen (secondary N) is 2. The van der Waals surface area contributed by atoms with Crippen LogP contribution in [0, 0.1) is 0 Å². The van der Waals surface area contributed by atoms with Gasteiger partial charge in [-0.1, -0.05) is 24.1 Å². The second kappa shape index (κ2) is 8.25. The number of anilines is 1. The lowest BCUT2D eigenvalue weighted by atomic mass is 10.0. The largest absolute Gasteiger partial charge is 0.338 e. The molecule has 1 atom stereocenters. The fourth-order valence-electron chi connectivity index (χ4n) is 2.72. The predicted octanol–water partition coefficient (Wildman–Crippen LogP) is 3.73. The zero-order chi connectivity index (χ0) is 15.1. The van der Waals surface area contributed by atoms with Crippen LogP contribution in [0.4, 0.5) is 10.5 Å². The number of nitrogens with zero attached hydrogens (tertiary/aromatic N) is 1. The third-order valence-corrected chi connectivity index (χ3v) is 4.17. The van der Waals surface area contributed by atoms with Crippen LogP contribution in [0.3, 0.4) is 0 Å². The van der Waals surface area contributed by atoms with E-state index in [1.807, 2.05) is 12.1 Å². The molecule has 0 radical (unpaired) electrons. The Morgan fingerprint density at radius 2 is 2.29 bits per heavy atom. The maximum atomic E-state index is 11.8. The Morgan fingerprint density at radius 3 is 3.05 bits per heavy atom. The molecule has 1 aromatic rings. The van der Waals surface area contributed by atoms with Gasteiger partial charge in [0.25, 0.3) is 0 Å². The first-order chi connectivity index (χ1) is 10.1. The van der Waals surface area contributed by atoms with Crippen LogP contribution in [0.2, 0.25) is 5.02 Å². The van der Waals surface area contributed by atoms with Crippen molar-refractivity contribution in [3.05, 3.63) is 29.3 Å². The summed E-state index contributed by atoms with van der Waals surface area (Å²) < 4.78 is 0. The molecule has 1 unspecified atom stereocenters. The van der Waals surface area contributed by atoms with E-state index in [4.69, 9.17) is 11.6 Å². The van der Waals surface area contributed by atoms with Crippen molar-refractivity contribution in [3.8, 4) is 0 Å². The van der Waals surface area contributed by atoms with Crippen molar-refractivity contribution in [1.29, 1.82) is 0 Å². The van der Waals surface area contributed by atoms with E-state index in [2.05, 4.69) is 22.5 Å². The summed E-state index contributed by atoms with van der Waals surface area (Å²) in [7, 11) is 0. The first kappa shape index (κ1) is 16.1. The average Bonchev–Trinajstić information content (AvgIpc) is 2.45. The van der Waals surface area contributed by atoms with Gasteiger partial charge in [0.2, 0.25) is 0 Å². The highest BCUT2D eigenvalue weighted by Gasteiger charge is 2.17. The summed E-state index contributed by atoms with van der Waals surface area (Å²) in [6.45, 7) is 5.22. The highest BCUT2D eigenvalue weighted by atomic mass is 35.5. The Bertz CT molecular complexity index is 467. The zero-order valence-corrected chi connectivity index (χ0v) is 13.3. The van der Waals surface area contributed by atoms with Crippen molar-refractivity contribution in [3.63, 3.8) is 0 Å². The van der Waals surface area contributed by atoms with Crippen LogP contribution in [-0.2, 0) is 0 Å². The molecule has 2 amide bonds. The fourth-order valence-corrected chi connectivity index (χ4v) is 2.91. The third kappa shape index (κ3) is 5.56. The normalized spacial score (nSPS) is 19.2. The fraction of sp³-hybridized carbons (Fsp3) is 0.562. The number of hydrogen-bond acceptors (Lipinski definition) is 2. The minimum absolute atomic E-state index is 0.177. The standard InChI is InChI=1S/C16H24ClN3O/c1-13-6-2-3-10-20(13)11-5-9-18-16(21)19-15-8-4-7-14(17)12-15/h4,7-8,12-13H,2-3,5-6,9-11H2,1H3,(H2,18,19,21). The highest BCUT2D eigenvalue weighted by Crippen LogP contribution is 2.16. The van der Waals surface area contributed by atoms with Gasteiger partial charge in [0, 0.05) is 29.8 Å². The van der Waals surface area contributed by atoms with Crippen molar-refractivity contribution in [2.45, 2.75) is 38.6 Å². The van der Waals surface area contributed by atoms with Gasteiger partial charge in [-0.25, -0.2) is 4.79 Å². The van der Waals surface area contributed by atoms with E-state index in [1.54, 1.807) is 12.1 Å². The Hall–Kier alpha value is -1.26. The van der Waals surface area contributed by atoms with E-state index in [-0.39, 0.29) is 6.03 Å². The van der Waals surface area contributed by atoms with Crippen LogP contribution in [0.1, 0.15) is 32.6 Å². The van der Waals surface area contributed by atoms with Gasteiger partial charge in [-0.2, -0.15) is 0 Å². The van der Waals surface area contributed by atoms with Gasteiger partial charge < -0.3 is 15.5 Å². The SMILES string of the molecule is CC1CCCCN1CCCNC(=O)Nc1cccc(Cl)c1. The monoisotopic (exact) mass is 309 g/mol. The zero-order valence-electron chi connectivity index (χ0n) is 12.6. The molecule has 0 saturated carbocycles. The van der Waals surface area contributed by atoms with Gasteiger partial charge in [-0.05, 0) is 50.9 Å². The van der Waals surface area contributed by atoms with E-state index in [1.165, 1.54) is 25.8 Å². The summed E-state index contributed by atoms with van der Waals surface area (Å²) in [5.74, 6) is 0. The average molecular weight is 310 g/mol. The first-order valence-electron chi connectivity index (χ1n) is 7.69. The number of hydrogen-bond donors (Lipinski definition) is 2. The summed E-state index contributed by atoms with van der Waals surface area (Å²) in [6, 6.07) is 7.65. The summed E-state index contributed by atoms with van der Waals surface area (Å²) in [4.78, 5) is 14.3. The van der Waals surface area contributed by atoms with E-state index < -0.39 is 0 Å². The molecule has 0 spiro atoms. The smallest absolute Gasteiger partial charge is 0.319 e. The molecule has 4 nitrogen and oxygen atoms in total. The Labute approximate surface area is 131 Å². The topological polar surface area (TPSA) is 44.4 Å². The number of benzene rings is 1. The van der Waals surface area contributed by atoms with E-state index in [9.17, 15) is 4.79 Å². The van der Waals surface area contributed by atoms with Gasteiger partial charge in [0.1, 0.15) is 0 Å². The van der Waals surface area contributed by atoms with E-state index >= 15 is 0 Å². The van der Waals surface area contributed by atoms with Crippen molar-refractivity contribution < 1.29 is 4.79 Å². The molecule has 0 bridgehead atoms. The molecule has 0 aliphatic carbocycles. The Balaban J connectivity index is 1.63. The van der Waals surface area contributed by atoms with Crippen molar-refractivity contribution in [2.24, 2.45) is 0 Å². The highest BCUT2D eigenvalue weighted by molar-refractivity contribution is 6.30. The number of amides is 2. The quantitative estimate of drug-likeness (QED) is 0.814. The van der Waals surface area contributed by atoms with Crippen LogP contribution < -0.4 is 10.6 Å². The Kier molecular flexibility index (Phi) is 6.33. The van der Waals surface area contributed by atoms with Crippen LogP contribution in [0.15, 0.2) is 24.3 Å². The molecule has 21 heavy (non-hydrogen) atoms. The van der Waals surface area contributed by atoms with Crippen molar-refractivity contribution in [1.82, 2.24) is 10.2 Å². The molecule has 2 rings (SSSR count). The maximum Gasteiger partial charge on any atom is 0.319 e. The molecule has 1 aliphatic heterocycles. The minimum Gasteiger partial charge on any atom is -0.338 e. The van der Waals surface area contributed by atoms with E-state index in [0.717, 1.165) is 13.0 Å². The molecular weight excluding hydrogens is 286 g/mol. The summed E-state index contributed by atoms with van der Waals surface area (Å²) in [5, 5.41) is 6.28. The Morgan fingerprint density at radius 1 is 1.43 bits per heavy atom. The molecule has 1 aliphatic rings. The van der Waals surface area contributed by atoms with Crippen LogP contribution in [0.25, 0.3) is 0 Å². The molecule has 0 aromatic heterocycles. The number of urea groups is 1. The number of rotatable bonds is 5. The molecule has 5 heteroatoms. The predicted molar refractivity (Wildman–Crippen MR) is 88.0 cm³/mol. The molecule has 1 heterocycles. The molecule has 1 fully saturated rings. The van der Waals surface area contributed by atoms with Crippen molar-refractivity contribution >= 4 is 23.3 Å². The van der Waals surface area contributed by atoms with Crippen LogP contribution in [0.5, 0.6) is 0 Å². The van der Waals surface area contributed by atoms with Crippen LogP contribution >= 0.6 is 11.6 Å². The molecular formula is C16H24ClN3O. The minimum atomic E-state index is -0.177. The molecule has 116 valence electrons. The summed E-state index contributed by atoms with van der Waals surface area (Å²) >= 11 is 5.88. The lowest BCUT2D eigenvalue weighted by molar-refractivity contribution is 0.159. The molecule has 1 aromatic carbocycles. The number of halogens is 1. The second-order valence-corrected chi connectivity index (χ2v) is 6.06. The van der Waals surface area contributed by atoms with Gasteiger partial charge in [-0.15, -0.1) is 0 Å². The first-order valence-corrected chi connectivity index (χ1v) is 8.07. The molecule has 2 N–H and O–H groups in total. The number of carbonyl (C=O) groups excluding carboxylic acids is 1. The number of carbonyl (C=O) groups is 1. The maximum absolute atomic E-state index is 11.8. The lowest BCUT2D eigenvalue weighted by Crippen LogP contribution is -2.39. The molecule has 1 saturated heterocycles. The number of likely N-dealkylation sites (tertiary alicyclic amines) is 1. The lowest BCUT2D eigenvalue weighted by Gasteiger charge is -2.33. The van der Waals surface area contributed by atoms with E-state index in [0.29, 0.717) is 23.3 Å². The summed E-state index contributed by atoms with van der Waals surface area (Å²) in [6.07, 6.45) is 4.92. The van der Waals surface area contributed by atoms with Gasteiger partial charge in [0.15, 0.2) is 0 Å². The number of piperidine rings is 1.